The summed E-state index contributed by atoms with van der Waals surface area (Å²) in [7, 11) is 1.63. The van der Waals surface area contributed by atoms with Crippen molar-refractivity contribution >= 4 is 17.7 Å². The summed E-state index contributed by atoms with van der Waals surface area (Å²) in [5, 5.41) is 11.3. The highest BCUT2D eigenvalue weighted by molar-refractivity contribution is 6.00. The van der Waals surface area contributed by atoms with E-state index in [4.69, 9.17) is 5.11 Å². The second kappa shape index (κ2) is 5.48. The number of aromatic nitrogens is 1. The number of carboxylic acids is 1. The fraction of sp³-hybridized carbons (Fsp3) is 0.417. The molecule has 0 fully saturated rings. The molecule has 98 valence electrons. The van der Waals surface area contributed by atoms with Gasteiger partial charge in [-0.2, -0.15) is 0 Å². The Bertz CT molecular complexity index is 490. The van der Waals surface area contributed by atoms with E-state index in [2.05, 4.69) is 5.32 Å². The maximum Gasteiger partial charge on any atom is 0.326 e. The molecular weight excluding hydrogens is 236 g/mol. The van der Waals surface area contributed by atoms with Crippen LogP contribution in [0, 0.1) is 0 Å². The molecule has 1 atom stereocenters. The van der Waals surface area contributed by atoms with Crippen molar-refractivity contribution in [2.24, 2.45) is 7.05 Å². The lowest BCUT2D eigenvalue weighted by atomic mass is 10.2. The van der Waals surface area contributed by atoms with Crippen LogP contribution < -0.4 is 5.32 Å². The van der Waals surface area contributed by atoms with E-state index in [1.807, 2.05) is 0 Å². The van der Waals surface area contributed by atoms with Gasteiger partial charge in [-0.25, -0.2) is 4.79 Å². The van der Waals surface area contributed by atoms with Gasteiger partial charge in [0.2, 0.25) is 0 Å². The summed E-state index contributed by atoms with van der Waals surface area (Å²) >= 11 is 0. The zero-order valence-corrected chi connectivity index (χ0v) is 10.6. The Labute approximate surface area is 105 Å². The number of Topliss-reactive ketones (excluding diaryl/α,β-unsaturated/α-hetero) is 1. The van der Waals surface area contributed by atoms with Crippen LogP contribution in [-0.2, 0) is 11.8 Å². The van der Waals surface area contributed by atoms with Crippen LogP contribution in [0.2, 0.25) is 0 Å². The lowest BCUT2D eigenvalue weighted by Gasteiger charge is -2.12. The number of nitrogens with one attached hydrogen (secondary N) is 1. The topological polar surface area (TPSA) is 88.4 Å². The Morgan fingerprint density at radius 3 is 2.44 bits per heavy atom. The van der Waals surface area contributed by atoms with E-state index in [0.717, 1.165) is 0 Å². The number of carbonyl (C=O) groups excluding carboxylic acids is 2. The molecule has 1 aromatic rings. The van der Waals surface area contributed by atoms with Crippen LogP contribution in [0.1, 0.15) is 41.1 Å². The van der Waals surface area contributed by atoms with Crippen molar-refractivity contribution in [3.8, 4) is 0 Å². The summed E-state index contributed by atoms with van der Waals surface area (Å²) in [6.45, 7) is 3.08. The molecule has 0 saturated heterocycles. The number of hydrogen-bond donors (Lipinski definition) is 2. The molecule has 1 rings (SSSR count). The predicted octanol–water partition coefficient (Wildman–Crippen LogP) is 0.821. The first-order valence-corrected chi connectivity index (χ1v) is 5.57. The molecule has 0 aliphatic rings. The van der Waals surface area contributed by atoms with E-state index in [9.17, 15) is 14.4 Å². The van der Waals surface area contributed by atoms with Crippen LogP contribution in [0.3, 0.4) is 0 Å². The molecule has 0 aromatic carbocycles. The first-order valence-electron chi connectivity index (χ1n) is 5.57. The van der Waals surface area contributed by atoms with Gasteiger partial charge in [-0.1, -0.05) is 6.92 Å². The molecule has 0 aliphatic heterocycles. The van der Waals surface area contributed by atoms with E-state index < -0.39 is 17.9 Å². The van der Waals surface area contributed by atoms with Crippen LogP contribution in [0.15, 0.2) is 12.3 Å². The number of carboxylic acid groups (broad SMARTS) is 1. The Balaban J connectivity index is 2.90. The number of aryl methyl sites for hydroxylation is 1. The number of rotatable bonds is 5. The predicted molar refractivity (Wildman–Crippen MR) is 64.6 cm³/mol. The smallest absolute Gasteiger partial charge is 0.326 e. The summed E-state index contributed by atoms with van der Waals surface area (Å²) in [5.74, 6) is -1.72. The number of aliphatic carboxylic acids is 1. The molecule has 0 saturated carbocycles. The molecule has 6 heteroatoms. The average Bonchev–Trinajstić information content (AvgIpc) is 2.67. The highest BCUT2D eigenvalue weighted by Gasteiger charge is 2.20. The summed E-state index contributed by atoms with van der Waals surface area (Å²) in [5.41, 5.74) is 0.686. The zero-order chi connectivity index (χ0) is 13.9. The van der Waals surface area contributed by atoms with Crippen LogP contribution in [0.4, 0.5) is 0 Å². The van der Waals surface area contributed by atoms with Gasteiger partial charge in [0.05, 0.1) is 0 Å². The van der Waals surface area contributed by atoms with Crippen molar-refractivity contribution in [3.05, 3.63) is 23.5 Å². The van der Waals surface area contributed by atoms with Crippen LogP contribution in [-0.4, -0.2) is 33.4 Å². The Kier molecular flexibility index (Phi) is 4.25. The zero-order valence-electron chi connectivity index (χ0n) is 10.6. The fourth-order valence-electron chi connectivity index (χ4n) is 1.55. The van der Waals surface area contributed by atoms with Crippen molar-refractivity contribution in [1.82, 2.24) is 9.88 Å². The average molecular weight is 252 g/mol. The van der Waals surface area contributed by atoms with E-state index in [1.165, 1.54) is 17.6 Å². The van der Waals surface area contributed by atoms with Gasteiger partial charge in [-0.15, -0.1) is 0 Å². The summed E-state index contributed by atoms with van der Waals surface area (Å²) in [4.78, 5) is 33.9. The molecule has 1 amide bonds. The minimum atomic E-state index is -1.08. The van der Waals surface area contributed by atoms with Crippen LogP contribution in [0.5, 0.6) is 0 Å². The first kappa shape index (κ1) is 14.0. The minimum absolute atomic E-state index is 0.144. The van der Waals surface area contributed by atoms with Gasteiger partial charge in [0.1, 0.15) is 11.7 Å². The maximum atomic E-state index is 11.9. The monoisotopic (exact) mass is 252 g/mol. The van der Waals surface area contributed by atoms with Crippen molar-refractivity contribution in [3.63, 3.8) is 0 Å². The molecule has 6 nitrogen and oxygen atoms in total. The second-order valence-electron chi connectivity index (χ2n) is 4.05. The first-order chi connectivity index (χ1) is 8.36. The van der Waals surface area contributed by atoms with E-state index in [0.29, 0.717) is 12.0 Å². The van der Waals surface area contributed by atoms with Crippen molar-refractivity contribution in [2.75, 3.05) is 0 Å². The quantitative estimate of drug-likeness (QED) is 0.759. The largest absolute Gasteiger partial charge is 0.480 e. The van der Waals surface area contributed by atoms with Gasteiger partial charge in [0.15, 0.2) is 5.78 Å². The standard InChI is InChI=1S/C12H16N2O4/c1-4-9(12(17)18)13-11(16)10-5-8(7(2)15)6-14(10)3/h5-6,9H,4H2,1-3H3,(H,13,16)(H,17,18)/t9-/m1/s1. The SMILES string of the molecule is CC[C@@H](NC(=O)c1cc(C(C)=O)cn1C)C(=O)O. The summed E-state index contributed by atoms with van der Waals surface area (Å²) in [6.07, 6.45) is 1.84. The van der Waals surface area contributed by atoms with Crippen molar-refractivity contribution in [2.45, 2.75) is 26.3 Å². The number of hydrogen-bond acceptors (Lipinski definition) is 3. The normalized spacial score (nSPS) is 11.9. The van der Waals surface area contributed by atoms with Gasteiger partial charge in [-0.05, 0) is 19.4 Å². The van der Waals surface area contributed by atoms with Gasteiger partial charge in [0.25, 0.3) is 5.91 Å². The number of carbonyl (C=O) groups is 3. The molecule has 2 N–H and O–H groups in total. The van der Waals surface area contributed by atoms with E-state index >= 15 is 0 Å². The Morgan fingerprint density at radius 1 is 1.44 bits per heavy atom. The number of ketones is 1. The third-order valence-electron chi connectivity index (χ3n) is 2.66. The van der Waals surface area contributed by atoms with Gasteiger partial charge >= 0.3 is 5.97 Å². The van der Waals surface area contributed by atoms with Crippen LogP contribution >= 0.6 is 0 Å². The molecule has 18 heavy (non-hydrogen) atoms. The molecule has 0 spiro atoms. The van der Waals surface area contributed by atoms with Gasteiger partial charge in [-0.3, -0.25) is 9.59 Å². The van der Waals surface area contributed by atoms with Crippen molar-refractivity contribution in [1.29, 1.82) is 0 Å². The highest BCUT2D eigenvalue weighted by Crippen LogP contribution is 2.08. The molecule has 0 unspecified atom stereocenters. The van der Waals surface area contributed by atoms with Gasteiger partial charge < -0.3 is 15.0 Å². The number of amides is 1. The highest BCUT2D eigenvalue weighted by atomic mass is 16.4. The summed E-state index contributed by atoms with van der Waals surface area (Å²) < 4.78 is 1.50. The molecule has 0 bridgehead atoms. The Morgan fingerprint density at radius 2 is 2.06 bits per heavy atom. The van der Waals surface area contributed by atoms with Crippen LogP contribution in [0.25, 0.3) is 0 Å². The van der Waals surface area contributed by atoms with Gasteiger partial charge in [0, 0.05) is 18.8 Å². The third kappa shape index (κ3) is 2.97. The molecule has 1 aromatic heterocycles. The third-order valence-corrected chi connectivity index (χ3v) is 2.66. The minimum Gasteiger partial charge on any atom is -0.480 e. The van der Waals surface area contributed by atoms with E-state index in [-0.39, 0.29) is 11.5 Å². The fourth-order valence-corrected chi connectivity index (χ4v) is 1.55. The second-order valence-corrected chi connectivity index (χ2v) is 4.05. The lowest BCUT2D eigenvalue weighted by molar-refractivity contribution is -0.139. The maximum absolute atomic E-state index is 11.9. The summed E-state index contributed by atoms with van der Waals surface area (Å²) in [6, 6.07) is 0.528. The van der Waals surface area contributed by atoms with E-state index in [1.54, 1.807) is 20.2 Å². The lowest BCUT2D eigenvalue weighted by Crippen LogP contribution is -2.40. The van der Waals surface area contributed by atoms with Crippen molar-refractivity contribution < 1.29 is 19.5 Å². The number of nitrogens with zero attached hydrogens (tertiary/aromatic N) is 1. The molecular formula is C12H16N2O4. The molecule has 0 aliphatic carbocycles. The molecule has 0 radical (unpaired) electrons. The molecule has 1 heterocycles. The Hall–Kier alpha value is -2.11.